The summed E-state index contributed by atoms with van der Waals surface area (Å²) in [6.07, 6.45) is 8.47. The Hall–Kier alpha value is -0.120. The van der Waals surface area contributed by atoms with Crippen molar-refractivity contribution in [2.75, 3.05) is 32.8 Å². The Morgan fingerprint density at radius 3 is 2.71 bits per heavy atom. The van der Waals surface area contributed by atoms with E-state index in [4.69, 9.17) is 4.74 Å². The first-order chi connectivity index (χ1) is 9.96. The normalized spacial score (nSPS) is 37.6. The molecule has 3 aliphatic rings. The van der Waals surface area contributed by atoms with Crippen molar-refractivity contribution in [1.29, 1.82) is 0 Å². The molecule has 0 spiro atoms. The van der Waals surface area contributed by atoms with Crippen molar-refractivity contribution in [2.45, 2.75) is 70.9 Å². The van der Waals surface area contributed by atoms with Crippen molar-refractivity contribution in [3.63, 3.8) is 0 Å². The molecule has 0 amide bonds. The van der Waals surface area contributed by atoms with Crippen LogP contribution < -0.4 is 5.32 Å². The van der Waals surface area contributed by atoms with Gasteiger partial charge in [-0.2, -0.15) is 0 Å². The van der Waals surface area contributed by atoms with E-state index in [-0.39, 0.29) is 5.60 Å². The van der Waals surface area contributed by atoms with E-state index in [2.05, 4.69) is 31.0 Å². The molecule has 2 atom stereocenters. The molecule has 3 fully saturated rings. The van der Waals surface area contributed by atoms with E-state index in [1.54, 1.807) is 0 Å². The fourth-order valence-electron chi connectivity index (χ4n) is 4.50. The zero-order valence-electron chi connectivity index (χ0n) is 14.3. The monoisotopic (exact) mass is 294 g/mol. The van der Waals surface area contributed by atoms with Crippen molar-refractivity contribution >= 4 is 0 Å². The number of morpholine rings is 1. The Labute approximate surface area is 130 Å². The third kappa shape index (κ3) is 4.43. The zero-order chi connectivity index (χ0) is 14.9. The highest BCUT2D eigenvalue weighted by molar-refractivity contribution is 4.94. The summed E-state index contributed by atoms with van der Waals surface area (Å²) in [5, 5.41) is 3.84. The molecule has 0 aromatic rings. The van der Waals surface area contributed by atoms with E-state index < -0.39 is 0 Å². The number of rotatable bonds is 5. The minimum atomic E-state index is 0.0314. The van der Waals surface area contributed by atoms with Crippen LogP contribution in [0.2, 0.25) is 0 Å². The van der Waals surface area contributed by atoms with Gasteiger partial charge < -0.3 is 10.1 Å². The molecular weight excluding hydrogens is 260 g/mol. The second kappa shape index (κ2) is 6.17. The van der Waals surface area contributed by atoms with Gasteiger partial charge in [-0.1, -0.05) is 19.8 Å². The largest absolute Gasteiger partial charge is 0.373 e. The number of nitrogens with one attached hydrogen (secondary N) is 1. The van der Waals surface area contributed by atoms with Gasteiger partial charge in [0.25, 0.3) is 0 Å². The van der Waals surface area contributed by atoms with E-state index in [1.165, 1.54) is 51.6 Å². The topological polar surface area (TPSA) is 24.5 Å². The molecule has 2 aliphatic carbocycles. The van der Waals surface area contributed by atoms with Crippen molar-refractivity contribution < 1.29 is 4.74 Å². The quantitative estimate of drug-likeness (QED) is 0.843. The van der Waals surface area contributed by atoms with Gasteiger partial charge in [0.2, 0.25) is 0 Å². The number of hydrogen-bond acceptors (Lipinski definition) is 3. The van der Waals surface area contributed by atoms with Crippen LogP contribution in [-0.2, 0) is 4.74 Å². The van der Waals surface area contributed by atoms with Crippen LogP contribution in [0.5, 0.6) is 0 Å². The van der Waals surface area contributed by atoms with Crippen molar-refractivity contribution in [1.82, 2.24) is 10.2 Å². The summed E-state index contributed by atoms with van der Waals surface area (Å²) >= 11 is 0. The van der Waals surface area contributed by atoms with Crippen molar-refractivity contribution in [2.24, 2.45) is 11.3 Å². The third-order valence-corrected chi connectivity index (χ3v) is 5.59. The number of nitrogens with zero attached hydrogens (tertiary/aromatic N) is 1. The van der Waals surface area contributed by atoms with E-state index in [0.717, 1.165) is 31.7 Å². The van der Waals surface area contributed by atoms with Crippen LogP contribution >= 0.6 is 0 Å². The smallest absolute Gasteiger partial charge is 0.0753 e. The van der Waals surface area contributed by atoms with Gasteiger partial charge >= 0.3 is 0 Å². The molecule has 21 heavy (non-hydrogen) atoms. The molecule has 0 bridgehead atoms. The Kier molecular flexibility index (Phi) is 4.63. The highest BCUT2D eigenvalue weighted by atomic mass is 16.5. The SMILES string of the molecule is CC1CCCC(CNC2CC2)(CN2CCOC(C)(C)C2)C1. The van der Waals surface area contributed by atoms with Gasteiger partial charge in [-0.15, -0.1) is 0 Å². The van der Waals surface area contributed by atoms with Crippen LogP contribution in [-0.4, -0.2) is 49.3 Å². The molecule has 3 rings (SSSR count). The lowest BCUT2D eigenvalue weighted by molar-refractivity contribution is -0.0975. The van der Waals surface area contributed by atoms with E-state index in [9.17, 15) is 0 Å². The molecule has 0 aromatic carbocycles. The molecule has 0 radical (unpaired) electrons. The molecule has 3 heteroatoms. The first-order valence-corrected chi connectivity index (χ1v) is 9.06. The van der Waals surface area contributed by atoms with Crippen molar-refractivity contribution in [3.8, 4) is 0 Å². The predicted octanol–water partition coefficient (Wildman–Crippen LogP) is 3.05. The molecule has 1 heterocycles. The minimum absolute atomic E-state index is 0.0314. The molecule has 0 aromatic heterocycles. The minimum Gasteiger partial charge on any atom is -0.373 e. The van der Waals surface area contributed by atoms with Gasteiger partial charge in [0.15, 0.2) is 0 Å². The highest BCUT2D eigenvalue weighted by Gasteiger charge is 2.39. The maximum Gasteiger partial charge on any atom is 0.0753 e. The van der Waals surface area contributed by atoms with E-state index >= 15 is 0 Å². The average Bonchev–Trinajstić information content (AvgIpc) is 3.19. The maximum absolute atomic E-state index is 5.89. The molecule has 3 nitrogen and oxygen atoms in total. The Bertz CT molecular complexity index is 353. The first kappa shape index (κ1) is 15.8. The van der Waals surface area contributed by atoms with Crippen molar-refractivity contribution in [3.05, 3.63) is 0 Å². The molecule has 122 valence electrons. The summed E-state index contributed by atoms with van der Waals surface area (Å²) in [5.41, 5.74) is 0.539. The lowest BCUT2D eigenvalue weighted by atomic mass is 9.69. The van der Waals surface area contributed by atoms with Crippen LogP contribution in [0.4, 0.5) is 0 Å². The molecule has 1 N–H and O–H groups in total. The van der Waals surface area contributed by atoms with Crippen LogP contribution in [0.1, 0.15) is 59.3 Å². The molecule has 2 saturated carbocycles. The maximum atomic E-state index is 5.89. The van der Waals surface area contributed by atoms with Gasteiger partial charge in [-0.25, -0.2) is 0 Å². The second-order valence-corrected chi connectivity index (χ2v) is 8.68. The van der Waals surface area contributed by atoms with Gasteiger partial charge in [-0.3, -0.25) is 4.90 Å². The van der Waals surface area contributed by atoms with Gasteiger partial charge in [0, 0.05) is 32.2 Å². The fraction of sp³-hybridized carbons (Fsp3) is 1.00. The Morgan fingerprint density at radius 1 is 1.24 bits per heavy atom. The summed E-state index contributed by atoms with van der Waals surface area (Å²) in [6.45, 7) is 12.5. The average molecular weight is 294 g/mol. The predicted molar refractivity (Wildman–Crippen MR) is 87.6 cm³/mol. The standard InChI is InChI=1S/C18H34N2O/c1-15-5-4-8-18(11-15,12-19-16-6-7-16)14-20-9-10-21-17(2,3)13-20/h15-16,19H,4-14H2,1-3H3. The molecule has 1 saturated heterocycles. The molecular formula is C18H34N2O. The van der Waals surface area contributed by atoms with Crippen LogP contribution in [0.25, 0.3) is 0 Å². The lowest BCUT2D eigenvalue weighted by Gasteiger charge is -2.47. The van der Waals surface area contributed by atoms with Gasteiger partial charge in [-0.05, 0) is 50.9 Å². The van der Waals surface area contributed by atoms with E-state index in [1.807, 2.05) is 0 Å². The second-order valence-electron chi connectivity index (χ2n) is 8.68. The number of hydrogen-bond donors (Lipinski definition) is 1. The molecule has 1 aliphatic heterocycles. The number of ether oxygens (including phenoxy) is 1. The van der Waals surface area contributed by atoms with Crippen LogP contribution in [0, 0.1) is 11.3 Å². The highest BCUT2D eigenvalue weighted by Crippen LogP contribution is 2.40. The third-order valence-electron chi connectivity index (χ3n) is 5.59. The summed E-state index contributed by atoms with van der Waals surface area (Å²) in [4.78, 5) is 2.68. The fourth-order valence-corrected chi connectivity index (χ4v) is 4.50. The first-order valence-electron chi connectivity index (χ1n) is 9.06. The van der Waals surface area contributed by atoms with E-state index in [0.29, 0.717) is 5.41 Å². The van der Waals surface area contributed by atoms with Gasteiger partial charge in [0.1, 0.15) is 0 Å². The lowest BCUT2D eigenvalue weighted by Crippen LogP contribution is -2.54. The Morgan fingerprint density at radius 2 is 2.05 bits per heavy atom. The summed E-state index contributed by atoms with van der Waals surface area (Å²) in [6, 6.07) is 0.834. The summed E-state index contributed by atoms with van der Waals surface area (Å²) in [5.74, 6) is 0.897. The summed E-state index contributed by atoms with van der Waals surface area (Å²) < 4.78 is 5.89. The summed E-state index contributed by atoms with van der Waals surface area (Å²) in [7, 11) is 0. The van der Waals surface area contributed by atoms with Gasteiger partial charge in [0.05, 0.1) is 12.2 Å². The zero-order valence-corrected chi connectivity index (χ0v) is 14.3. The Balaban J connectivity index is 1.62. The van der Waals surface area contributed by atoms with Crippen LogP contribution in [0.3, 0.4) is 0 Å². The molecule has 2 unspecified atom stereocenters. The van der Waals surface area contributed by atoms with Crippen LogP contribution in [0.15, 0.2) is 0 Å².